The van der Waals surface area contributed by atoms with E-state index in [-0.39, 0.29) is 0 Å². The van der Waals surface area contributed by atoms with E-state index in [9.17, 15) is 0 Å². The van der Waals surface area contributed by atoms with Gasteiger partial charge in [0.2, 0.25) is 0 Å². The minimum Gasteiger partial charge on any atom is -0.317 e. The molecule has 0 aliphatic rings. The zero-order chi connectivity index (χ0) is 8.81. The molecule has 1 N–H and O–H groups in total. The summed E-state index contributed by atoms with van der Waals surface area (Å²) in [7, 11) is 2.00. The second kappa shape index (κ2) is 4.88. The number of pyridine rings is 1. The average molecular weight is 164 g/mol. The first-order valence-corrected chi connectivity index (χ1v) is 4.44. The maximum atomic E-state index is 4.27. The molecule has 1 aromatic heterocycles. The van der Waals surface area contributed by atoms with Crippen LogP contribution in [0.3, 0.4) is 0 Å². The van der Waals surface area contributed by atoms with Crippen molar-refractivity contribution in [2.75, 3.05) is 7.05 Å². The van der Waals surface area contributed by atoms with E-state index in [0.717, 1.165) is 12.8 Å². The minimum atomic E-state index is 0.555. The summed E-state index contributed by atoms with van der Waals surface area (Å²) in [5, 5.41) is 3.26. The molecular formula is C10H16N2. The van der Waals surface area contributed by atoms with Crippen LogP contribution in [0.1, 0.15) is 19.0 Å². The van der Waals surface area contributed by atoms with E-state index < -0.39 is 0 Å². The van der Waals surface area contributed by atoms with Crippen LogP contribution in [0.5, 0.6) is 0 Å². The van der Waals surface area contributed by atoms with Gasteiger partial charge >= 0.3 is 0 Å². The Bertz CT molecular complexity index is 204. The Balaban J connectivity index is 2.51. The highest BCUT2D eigenvalue weighted by atomic mass is 14.9. The molecule has 0 aromatic carbocycles. The largest absolute Gasteiger partial charge is 0.317 e. The average Bonchev–Trinajstić information content (AvgIpc) is 2.16. The first kappa shape index (κ1) is 9.20. The van der Waals surface area contributed by atoms with Gasteiger partial charge in [-0.3, -0.25) is 4.98 Å². The summed E-state index contributed by atoms with van der Waals surface area (Å²) in [6.07, 6.45) is 4.01. The fraction of sp³-hybridized carbons (Fsp3) is 0.500. The zero-order valence-electron chi connectivity index (χ0n) is 7.75. The van der Waals surface area contributed by atoms with Crippen molar-refractivity contribution in [3.63, 3.8) is 0 Å². The highest BCUT2D eigenvalue weighted by Gasteiger charge is 2.03. The summed E-state index contributed by atoms with van der Waals surface area (Å²) >= 11 is 0. The van der Waals surface area contributed by atoms with Gasteiger partial charge in [0.1, 0.15) is 0 Å². The molecular weight excluding hydrogens is 148 g/mol. The molecule has 1 rings (SSSR count). The number of nitrogens with zero attached hydrogens (tertiary/aromatic N) is 1. The molecule has 0 radical (unpaired) electrons. The molecule has 12 heavy (non-hydrogen) atoms. The quantitative estimate of drug-likeness (QED) is 0.731. The molecule has 2 nitrogen and oxygen atoms in total. The number of aromatic nitrogens is 1. The Morgan fingerprint density at radius 3 is 2.83 bits per heavy atom. The van der Waals surface area contributed by atoms with E-state index in [1.165, 1.54) is 5.69 Å². The van der Waals surface area contributed by atoms with Gasteiger partial charge in [0, 0.05) is 24.4 Å². The van der Waals surface area contributed by atoms with Crippen LogP contribution in [0, 0.1) is 0 Å². The first-order chi connectivity index (χ1) is 5.86. The maximum absolute atomic E-state index is 4.27. The van der Waals surface area contributed by atoms with Gasteiger partial charge in [-0.2, -0.15) is 0 Å². The molecule has 0 saturated heterocycles. The molecule has 1 aromatic rings. The van der Waals surface area contributed by atoms with Gasteiger partial charge in [-0.05, 0) is 25.6 Å². The summed E-state index contributed by atoms with van der Waals surface area (Å²) in [6, 6.07) is 6.61. The number of likely N-dealkylation sites (N-methyl/N-ethyl adjacent to an activating group) is 1. The molecule has 66 valence electrons. The van der Waals surface area contributed by atoms with Crippen LogP contribution in [0.4, 0.5) is 0 Å². The molecule has 0 spiro atoms. The van der Waals surface area contributed by atoms with Crippen LogP contribution in [-0.2, 0) is 6.42 Å². The Morgan fingerprint density at radius 2 is 2.33 bits per heavy atom. The monoisotopic (exact) mass is 164 g/mol. The van der Waals surface area contributed by atoms with Crippen LogP contribution >= 0.6 is 0 Å². The molecule has 1 unspecified atom stereocenters. The third-order valence-electron chi connectivity index (χ3n) is 2.08. The van der Waals surface area contributed by atoms with Crippen LogP contribution < -0.4 is 5.32 Å². The normalized spacial score (nSPS) is 12.8. The molecule has 0 aliphatic carbocycles. The topological polar surface area (TPSA) is 24.9 Å². The van der Waals surface area contributed by atoms with Crippen LogP contribution in [0.25, 0.3) is 0 Å². The van der Waals surface area contributed by atoms with Gasteiger partial charge in [0.25, 0.3) is 0 Å². The molecule has 0 bridgehead atoms. The number of nitrogens with one attached hydrogen (secondary N) is 1. The summed E-state index contributed by atoms with van der Waals surface area (Å²) in [5.74, 6) is 0. The molecule has 0 aliphatic heterocycles. The minimum absolute atomic E-state index is 0.555. The lowest BCUT2D eigenvalue weighted by Gasteiger charge is -2.12. The summed E-state index contributed by atoms with van der Waals surface area (Å²) in [6.45, 7) is 2.18. The van der Waals surface area contributed by atoms with E-state index in [2.05, 4.69) is 23.3 Å². The first-order valence-electron chi connectivity index (χ1n) is 4.44. The van der Waals surface area contributed by atoms with Crippen molar-refractivity contribution in [2.24, 2.45) is 0 Å². The third-order valence-corrected chi connectivity index (χ3v) is 2.08. The van der Waals surface area contributed by atoms with Gasteiger partial charge in [0.05, 0.1) is 0 Å². The molecule has 1 atom stereocenters. The van der Waals surface area contributed by atoms with Crippen molar-refractivity contribution in [1.29, 1.82) is 0 Å². The lowest BCUT2D eigenvalue weighted by molar-refractivity contribution is 0.537. The van der Waals surface area contributed by atoms with Crippen LogP contribution in [0.15, 0.2) is 24.4 Å². The lowest BCUT2D eigenvalue weighted by atomic mass is 10.1. The van der Waals surface area contributed by atoms with Gasteiger partial charge in [0.15, 0.2) is 0 Å². The number of hydrogen-bond acceptors (Lipinski definition) is 2. The highest BCUT2D eigenvalue weighted by molar-refractivity contribution is 5.04. The van der Waals surface area contributed by atoms with E-state index in [1.807, 2.05) is 25.4 Å². The summed E-state index contributed by atoms with van der Waals surface area (Å²) < 4.78 is 0. The van der Waals surface area contributed by atoms with Crippen molar-refractivity contribution >= 4 is 0 Å². The fourth-order valence-corrected chi connectivity index (χ4v) is 1.22. The van der Waals surface area contributed by atoms with Crippen molar-refractivity contribution in [2.45, 2.75) is 25.8 Å². The Labute approximate surface area is 74.0 Å². The predicted octanol–water partition coefficient (Wildman–Crippen LogP) is 1.62. The smallest absolute Gasteiger partial charge is 0.0419 e. The lowest BCUT2D eigenvalue weighted by Crippen LogP contribution is -2.26. The van der Waals surface area contributed by atoms with E-state index in [4.69, 9.17) is 0 Å². The zero-order valence-corrected chi connectivity index (χ0v) is 7.75. The van der Waals surface area contributed by atoms with Crippen LogP contribution in [-0.4, -0.2) is 18.1 Å². The Hall–Kier alpha value is -0.890. The third kappa shape index (κ3) is 2.62. The number of hydrogen-bond donors (Lipinski definition) is 1. The SMILES string of the molecule is CCC(Cc1ccccn1)NC. The Kier molecular flexibility index (Phi) is 3.74. The standard InChI is InChI=1S/C10H16N2/c1-3-9(11-2)8-10-6-4-5-7-12-10/h4-7,9,11H,3,8H2,1-2H3. The fourth-order valence-electron chi connectivity index (χ4n) is 1.22. The molecule has 1 heterocycles. The van der Waals surface area contributed by atoms with Crippen molar-refractivity contribution in [3.8, 4) is 0 Å². The summed E-state index contributed by atoms with van der Waals surface area (Å²) in [4.78, 5) is 4.27. The van der Waals surface area contributed by atoms with Crippen molar-refractivity contribution in [3.05, 3.63) is 30.1 Å². The Morgan fingerprint density at radius 1 is 1.50 bits per heavy atom. The highest BCUT2D eigenvalue weighted by Crippen LogP contribution is 2.01. The molecule has 0 saturated carbocycles. The maximum Gasteiger partial charge on any atom is 0.0419 e. The van der Waals surface area contributed by atoms with Gasteiger partial charge < -0.3 is 5.32 Å². The van der Waals surface area contributed by atoms with Gasteiger partial charge in [-0.25, -0.2) is 0 Å². The summed E-state index contributed by atoms with van der Waals surface area (Å²) in [5.41, 5.74) is 1.17. The molecule has 0 fully saturated rings. The second-order valence-corrected chi connectivity index (χ2v) is 2.92. The van der Waals surface area contributed by atoms with Crippen LogP contribution in [0.2, 0.25) is 0 Å². The molecule has 2 heteroatoms. The predicted molar refractivity (Wildman–Crippen MR) is 51.1 cm³/mol. The van der Waals surface area contributed by atoms with Gasteiger partial charge in [-0.1, -0.05) is 13.0 Å². The van der Waals surface area contributed by atoms with Crippen molar-refractivity contribution < 1.29 is 0 Å². The van der Waals surface area contributed by atoms with Gasteiger partial charge in [-0.15, -0.1) is 0 Å². The van der Waals surface area contributed by atoms with E-state index in [1.54, 1.807) is 0 Å². The molecule has 0 amide bonds. The second-order valence-electron chi connectivity index (χ2n) is 2.92. The van der Waals surface area contributed by atoms with E-state index in [0.29, 0.717) is 6.04 Å². The number of rotatable bonds is 4. The van der Waals surface area contributed by atoms with E-state index >= 15 is 0 Å². The van der Waals surface area contributed by atoms with Crippen molar-refractivity contribution in [1.82, 2.24) is 10.3 Å².